The van der Waals surface area contributed by atoms with Crippen LogP contribution in [0.15, 0.2) is 224 Å². The Morgan fingerprint density at radius 2 is 0.585 bits per heavy atom. The monoisotopic (exact) mass is 675 g/mol. The van der Waals surface area contributed by atoms with Gasteiger partial charge in [-0.05, 0) is 115 Å². The molecule has 0 spiro atoms. The summed E-state index contributed by atoms with van der Waals surface area (Å²) >= 11 is 0. The molecule has 1 heteroatoms. The molecule has 0 unspecified atom stereocenters. The summed E-state index contributed by atoms with van der Waals surface area (Å²) in [7, 11) is 0. The van der Waals surface area contributed by atoms with Crippen molar-refractivity contribution >= 4 is 27.8 Å². The van der Waals surface area contributed by atoms with Crippen LogP contribution < -0.4 is 4.90 Å². The third-order valence-electron chi connectivity index (χ3n) is 10.1. The Morgan fingerprint density at radius 3 is 1.21 bits per heavy atom. The molecular weight excluding hydrogens is 639 g/mol. The van der Waals surface area contributed by atoms with Crippen molar-refractivity contribution in [2.75, 3.05) is 4.90 Å². The molecule has 0 aliphatic carbocycles. The summed E-state index contributed by atoms with van der Waals surface area (Å²) in [5, 5.41) is 2.51. The molecule has 9 aromatic rings. The van der Waals surface area contributed by atoms with Crippen LogP contribution in [0.3, 0.4) is 0 Å². The van der Waals surface area contributed by atoms with E-state index in [2.05, 4.69) is 229 Å². The predicted molar refractivity (Wildman–Crippen MR) is 226 cm³/mol. The van der Waals surface area contributed by atoms with Crippen molar-refractivity contribution in [3.63, 3.8) is 0 Å². The Bertz CT molecular complexity index is 2610. The summed E-state index contributed by atoms with van der Waals surface area (Å²) < 4.78 is 0. The molecule has 0 atom stereocenters. The van der Waals surface area contributed by atoms with Crippen LogP contribution >= 0.6 is 0 Å². The summed E-state index contributed by atoms with van der Waals surface area (Å²) in [5.74, 6) is 0. The third kappa shape index (κ3) is 6.65. The van der Waals surface area contributed by atoms with Crippen LogP contribution in [0, 0.1) is 0 Å². The summed E-state index contributed by atoms with van der Waals surface area (Å²) in [6.45, 7) is 0. The Morgan fingerprint density at radius 1 is 0.208 bits per heavy atom. The first-order valence-corrected chi connectivity index (χ1v) is 18.2. The summed E-state index contributed by atoms with van der Waals surface area (Å²) in [6.07, 6.45) is 0. The largest absolute Gasteiger partial charge is 0.311 e. The maximum absolute atomic E-state index is 2.34. The van der Waals surface area contributed by atoms with Crippen molar-refractivity contribution < 1.29 is 0 Å². The highest BCUT2D eigenvalue weighted by Crippen LogP contribution is 2.39. The molecular formula is C52H37N. The molecule has 0 amide bonds. The Labute approximate surface area is 311 Å². The molecule has 9 rings (SSSR count). The fourth-order valence-corrected chi connectivity index (χ4v) is 7.30. The van der Waals surface area contributed by atoms with Gasteiger partial charge in [-0.2, -0.15) is 0 Å². The van der Waals surface area contributed by atoms with Crippen LogP contribution in [0.5, 0.6) is 0 Å². The first-order chi connectivity index (χ1) is 26.3. The SMILES string of the molecule is c1ccc(-c2ccc(-c3ccc(-c4ccc(N(c5ccccc5)c5ccc(-c6ccc7ccccc7c6)cc5)cc4)cc3-c3ccccc3)cc2)cc1. The second-order valence-corrected chi connectivity index (χ2v) is 13.4. The highest BCUT2D eigenvalue weighted by molar-refractivity contribution is 5.89. The van der Waals surface area contributed by atoms with Gasteiger partial charge >= 0.3 is 0 Å². The topological polar surface area (TPSA) is 3.24 Å². The number of rotatable bonds is 8. The average Bonchev–Trinajstić information content (AvgIpc) is 3.25. The minimum Gasteiger partial charge on any atom is -0.311 e. The van der Waals surface area contributed by atoms with Gasteiger partial charge in [0, 0.05) is 17.1 Å². The van der Waals surface area contributed by atoms with Crippen molar-refractivity contribution in [2.24, 2.45) is 0 Å². The van der Waals surface area contributed by atoms with E-state index in [4.69, 9.17) is 0 Å². The lowest BCUT2D eigenvalue weighted by Crippen LogP contribution is -2.09. The molecule has 0 fully saturated rings. The lowest BCUT2D eigenvalue weighted by Gasteiger charge is -2.26. The van der Waals surface area contributed by atoms with E-state index in [1.165, 1.54) is 66.4 Å². The number of fused-ring (bicyclic) bond motifs is 1. The molecule has 0 radical (unpaired) electrons. The highest BCUT2D eigenvalue weighted by Gasteiger charge is 2.15. The fourth-order valence-electron chi connectivity index (χ4n) is 7.30. The molecule has 0 saturated carbocycles. The lowest BCUT2D eigenvalue weighted by atomic mass is 9.90. The van der Waals surface area contributed by atoms with Gasteiger partial charge in [0.25, 0.3) is 0 Å². The minimum absolute atomic E-state index is 1.11. The maximum Gasteiger partial charge on any atom is 0.0462 e. The van der Waals surface area contributed by atoms with Crippen LogP contribution in [0.4, 0.5) is 17.1 Å². The van der Waals surface area contributed by atoms with Gasteiger partial charge in [0.1, 0.15) is 0 Å². The van der Waals surface area contributed by atoms with E-state index in [-0.39, 0.29) is 0 Å². The molecule has 1 nitrogen and oxygen atoms in total. The Hall–Kier alpha value is -6.96. The molecule has 0 heterocycles. The molecule has 0 aliphatic heterocycles. The lowest BCUT2D eigenvalue weighted by molar-refractivity contribution is 1.28. The number of nitrogens with zero attached hydrogens (tertiary/aromatic N) is 1. The molecule has 9 aromatic carbocycles. The fraction of sp³-hybridized carbons (Fsp3) is 0. The van der Waals surface area contributed by atoms with E-state index in [1.807, 2.05) is 0 Å². The van der Waals surface area contributed by atoms with Crippen molar-refractivity contribution in [1.29, 1.82) is 0 Å². The number of para-hydroxylation sites is 1. The number of benzene rings is 9. The van der Waals surface area contributed by atoms with E-state index in [1.54, 1.807) is 0 Å². The van der Waals surface area contributed by atoms with Crippen LogP contribution in [-0.2, 0) is 0 Å². The minimum atomic E-state index is 1.11. The van der Waals surface area contributed by atoms with E-state index in [0.29, 0.717) is 0 Å². The molecule has 0 N–H and O–H groups in total. The van der Waals surface area contributed by atoms with Gasteiger partial charge in [0.05, 0.1) is 0 Å². The molecule has 0 bridgehead atoms. The molecule has 0 aliphatic rings. The normalized spacial score (nSPS) is 11.0. The third-order valence-corrected chi connectivity index (χ3v) is 10.1. The first-order valence-electron chi connectivity index (χ1n) is 18.2. The Balaban J connectivity index is 1.04. The second kappa shape index (κ2) is 14.3. The van der Waals surface area contributed by atoms with Crippen molar-refractivity contribution in [3.05, 3.63) is 224 Å². The standard InChI is InChI=1S/C52H37N/c1-4-12-38(13-5-1)40-20-23-44(24-21-40)51-35-30-47(37-52(51)43-15-6-2-7-16-43)42-28-33-50(34-29-42)53(48-18-8-3-9-19-48)49-31-26-41(27-32-49)46-25-22-39-14-10-11-17-45(39)36-46/h1-37H. The number of hydrogen-bond donors (Lipinski definition) is 0. The van der Waals surface area contributed by atoms with Crippen molar-refractivity contribution in [2.45, 2.75) is 0 Å². The predicted octanol–water partition coefficient (Wildman–Crippen LogP) is 14.6. The molecule has 250 valence electrons. The summed E-state index contributed by atoms with van der Waals surface area (Å²) in [6, 6.07) is 80.7. The first kappa shape index (κ1) is 32.0. The van der Waals surface area contributed by atoms with E-state index < -0.39 is 0 Å². The quantitative estimate of drug-likeness (QED) is 0.155. The van der Waals surface area contributed by atoms with Crippen molar-refractivity contribution in [1.82, 2.24) is 0 Å². The average molecular weight is 676 g/mol. The summed E-state index contributed by atoms with van der Waals surface area (Å²) in [5.41, 5.74) is 15.4. The van der Waals surface area contributed by atoms with Gasteiger partial charge in [-0.1, -0.05) is 176 Å². The van der Waals surface area contributed by atoms with Crippen LogP contribution in [0.1, 0.15) is 0 Å². The smallest absolute Gasteiger partial charge is 0.0462 e. The summed E-state index contributed by atoms with van der Waals surface area (Å²) in [4.78, 5) is 2.32. The zero-order valence-electron chi connectivity index (χ0n) is 29.3. The van der Waals surface area contributed by atoms with Crippen LogP contribution in [0.25, 0.3) is 66.4 Å². The van der Waals surface area contributed by atoms with Gasteiger partial charge in [0.15, 0.2) is 0 Å². The van der Waals surface area contributed by atoms with Crippen LogP contribution in [-0.4, -0.2) is 0 Å². The molecule has 0 aromatic heterocycles. The van der Waals surface area contributed by atoms with Gasteiger partial charge in [-0.25, -0.2) is 0 Å². The van der Waals surface area contributed by atoms with Gasteiger partial charge < -0.3 is 4.90 Å². The number of hydrogen-bond acceptors (Lipinski definition) is 1. The van der Waals surface area contributed by atoms with Crippen molar-refractivity contribution in [3.8, 4) is 55.6 Å². The Kier molecular flexibility index (Phi) is 8.66. The van der Waals surface area contributed by atoms with Crippen LogP contribution in [0.2, 0.25) is 0 Å². The zero-order valence-corrected chi connectivity index (χ0v) is 29.3. The van der Waals surface area contributed by atoms with E-state index >= 15 is 0 Å². The van der Waals surface area contributed by atoms with Gasteiger partial charge in [0.2, 0.25) is 0 Å². The highest BCUT2D eigenvalue weighted by atomic mass is 15.1. The number of anilines is 3. The van der Waals surface area contributed by atoms with E-state index in [0.717, 1.165) is 17.1 Å². The zero-order chi connectivity index (χ0) is 35.4. The maximum atomic E-state index is 2.34. The van der Waals surface area contributed by atoms with E-state index in [9.17, 15) is 0 Å². The second-order valence-electron chi connectivity index (χ2n) is 13.4. The van der Waals surface area contributed by atoms with Gasteiger partial charge in [-0.15, -0.1) is 0 Å². The van der Waals surface area contributed by atoms with Gasteiger partial charge in [-0.3, -0.25) is 0 Å². The molecule has 53 heavy (non-hydrogen) atoms. The molecule has 0 saturated heterocycles.